The first-order valence-electron chi connectivity index (χ1n) is 3.41. The van der Waals surface area contributed by atoms with Crippen molar-refractivity contribution < 1.29 is 4.79 Å². The highest BCUT2D eigenvalue weighted by Gasteiger charge is 2.19. The Bertz CT molecular complexity index is 353. The van der Waals surface area contributed by atoms with E-state index in [2.05, 4.69) is 20.3 Å². The van der Waals surface area contributed by atoms with Crippen LogP contribution in [0.1, 0.15) is 5.69 Å². The van der Waals surface area contributed by atoms with E-state index in [0.29, 0.717) is 18.2 Å². The van der Waals surface area contributed by atoms with Gasteiger partial charge < -0.3 is 16.0 Å². The zero-order valence-corrected chi connectivity index (χ0v) is 6.16. The summed E-state index contributed by atoms with van der Waals surface area (Å²) < 4.78 is 0. The molecule has 0 atom stereocenters. The van der Waals surface area contributed by atoms with Gasteiger partial charge in [0.15, 0.2) is 11.5 Å². The van der Waals surface area contributed by atoms with Crippen molar-refractivity contribution in [1.82, 2.24) is 9.97 Å². The number of anilines is 1. The molecule has 0 aliphatic carbocycles. The number of imidazole rings is 1. The predicted octanol–water partition coefficient (Wildman–Crippen LogP) is -0.933. The van der Waals surface area contributed by atoms with Crippen molar-refractivity contribution in [3.63, 3.8) is 0 Å². The minimum atomic E-state index is -0.540. The van der Waals surface area contributed by atoms with E-state index in [1.54, 1.807) is 0 Å². The molecule has 0 radical (unpaired) electrons. The van der Waals surface area contributed by atoms with Gasteiger partial charge in [0.2, 0.25) is 0 Å². The van der Waals surface area contributed by atoms with Crippen molar-refractivity contribution in [3.05, 3.63) is 12.0 Å². The molecule has 6 nitrogen and oxygen atoms in total. The second-order valence-electron chi connectivity index (χ2n) is 2.33. The quantitative estimate of drug-likeness (QED) is 0.501. The Balaban J connectivity index is 2.50. The van der Waals surface area contributed by atoms with Crippen molar-refractivity contribution in [3.8, 4) is 0 Å². The van der Waals surface area contributed by atoms with E-state index >= 15 is 0 Å². The molecule has 0 unspecified atom stereocenters. The minimum Gasteiger partial charge on any atom is -0.364 e. The fourth-order valence-electron chi connectivity index (χ4n) is 1.08. The third kappa shape index (κ3) is 0.849. The summed E-state index contributed by atoms with van der Waals surface area (Å²) in [5.74, 6) is 0.0841. The number of fused-ring (bicyclic) bond motifs is 1. The van der Waals surface area contributed by atoms with Gasteiger partial charge in [-0.15, -0.1) is 0 Å². The van der Waals surface area contributed by atoms with Crippen LogP contribution in [-0.4, -0.2) is 28.3 Å². The summed E-state index contributed by atoms with van der Waals surface area (Å²) in [5, 5.41) is 2.89. The number of nitrogens with one attached hydrogen (secondary N) is 2. The average molecular weight is 165 g/mol. The second-order valence-corrected chi connectivity index (χ2v) is 2.33. The molecule has 0 aromatic carbocycles. The van der Waals surface area contributed by atoms with Gasteiger partial charge in [0.1, 0.15) is 12.4 Å². The lowest BCUT2D eigenvalue weighted by Gasteiger charge is -2.10. The van der Waals surface area contributed by atoms with E-state index in [0.717, 1.165) is 0 Å². The highest BCUT2D eigenvalue weighted by molar-refractivity contribution is 6.45. The number of aliphatic imine (C=N–C) groups is 1. The van der Waals surface area contributed by atoms with Crippen LogP contribution >= 0.6 is 0 Å². The van der Waals surface area contributed by atoms with Crippen molar-refractivity contribution in [2.24, 2.45) is 10.7 Å². The van der Waals surface area contributed by atoms with E-state index in [1.165, 1.54) is 6.33 Å². The van der Waals surface area contributed by atoms with E-state index < -0.39 is 5.91 Å². The van der Waals surface area contributed by atoms with E-state index in [-0.39, 0.29) is 5.71 Å². The predicted molar refractivity (Wildman–Crippen MR) is 42.8 cm³/mol. The number of primary amides is 1. The van der Waals surface area contributed by atoms with Crippen LogP contribution in [0.3, 0.4) is 0 Å². The highest BCUT2D eigenvalue weighted by atomic mass is 16.1. The molecule has 0 saturated heterocycles. The number of aromatic amines is 1. The molecule has 1 amide bonds. The Labute approximate surface area is 67.9 Å². The zero-order valence-electron chi connectivity index (χ0n) is 6.16. The second kappa shape index (κ2) is 2.33. The van der Waals surface area contributed by atoms with Crippen molar-refractivity contribution in [2.75, 3.05) is 12.0 Å². The van der Waals surface area contributed by atoms with Crippen LogP contribution < -0.4 is 11.1 Å². The van der Waals surface area contributed by atoms with Crippen LogP contribution in [0.25, 0.3) is 0 Å². The van der Waals surface area contributed by atoms with Crippen LogP contribution in [-0.2, 0) is 4.79 Å². The van der Waals surface area contributed by atoms with Gasteiger partial charge >= 0.3 is 0 Å². The number of carbonyl (C=O) groups excluding carboxylic acids is 1. The monoisotopic (exact) mass is 165 g/mol. The first kappa shape index (κ1) is 6.84. The topological polar surface area (TPSA) is 96.2 Å². The molecule has 0 fully saturated rings. The largest absolute Gasteiger partial charge is 0.364 e. The Morgan fingerprint density at radius 1 is 1.67 bits per heavy atom. The molecule has 0 saturated carbocycles. The minimum absolute atomic E-state index is 0.251. The van der Waals surface area contributed by atoms with Gasteiger partial charge in [-0.25, -0.2) is 4.98 Å². The zero-order chi connectivity index (χ0) is 8.55. The van der Waals surface area contributed by atoms with Crippen molar-refractivity contribution in [1.29, 1.82) is 0 Å². The van der Waals surface area contributed by atoms with Gasteiger partial charge in [0.25, 0.3) is 5.91 Å². The normalized spacial score (nSPS) is 14.5. The first-order valence-corrected chi connectivity index (χ1v) is 3.41. The number of nitrogens with zero attached hydrogens (tertiary/aromatic N) is 2. The van der Waals surface area contributed by atoms with Crippen molar-refractivity contribution in [2.45, 2.75) is 0 Å². The summed E-state index contributed by atoms with van der Waals surface area (Å²) in [6.07, 6.45) is 1.49. The smallest absolute Gasteiger partial charge is 0.269 e. The van der Waals surface area contributed by atoms with E-state index in [1.807, 2.05) is 0 Å². The van der Waals surface area contributed by atoms with Crippen LogP contribution in [0.2, 0.25) is 0 Å². The van der Waals surface area contributed by atoms with Gasteiger partial charge in [-0.3, -0.25) is 9.79 Å². The molecule has 1 aliphatic heterocycles. The van der Waals surface area contributed by atoms with E-state index in [4.69, 9.17) is 5.73 Å². The van der Waals surface area contributed by atoms with Gasteiger partial charge in [-0.1, -0.05) is 0 Å². The van der Waals surface area contributed by atoms with Crippen LogP contribution in [0, 0.1) is 0 Å². The number of aromatic nitrogens is 2. The summed E-state index contributed by atoms with van der Waals surface area (Å²) in [5.41, 5.74) is 5.91. The molecule has 6 heteroatoms. The van der Waals surface area contributed by atoms with E-state index in [9.17, 15) is 4.79 Å². The number of rotatable bonds is 1. The maximum absolute atomic E-state index is 10.8. The molecule has 1 aromatic rings. The van der Waals surface area contributed by atoms with Gasteiger partial charge in [-0.2, -0.15) is 0 Å². The molecule has 4 N–H and O–H groups in total. The molecule has 0 bridgehead atoms. The number of hydrogen-bond donors (Lipinski definition) is 3. The lowest BCUT2D eigenvalue weighted by Crippen LogP contribution is -2.29. The Morgan fingerprint density at radius 3 is 3.25 bits per heavy atom. The number of hydrogen-bond acceptors (Lipinski definition) is 4. The summed E-state index contributed by atoms with van der Waals surface area (Å²) in [7, 11) is 0. The van der Waals surface area contributed by atoms with Crippen LogP contribution in [0.5, 0.6) is 0 Å². The molecule has 1 aliphatic rings. The standard InChI is InChI=1S/C6H7N5O/c7-5(12)3-4-6(10-1-8-3)11-2-9-4/h2,10H,1H2,(H2,7,12)(H,9,11). The number of H-pyrrole nitrogens is 1. The summed E-state index contributed by atoms with van der Waals surface area (Å²) in [4.78, 5) is 21.5. The molecule has 2 heterocycles. The molecule has 62 valence electrons. The fourth-order valence-corrected chi connectivity index (χ4v) is 1.08. The highest BCUT2D eigenvalue weighted by Crippen LogP contribution is 2.13. The Morgan fingerprint density at radius 2 is 2.50 bits per heavy atom. The third-order valence-electron chi connectivity index (χ3n) is 1.59. The molecule has 1 aromatic heterocycles. The fraction of sp³-hybridized carbons (Fsp3) is 0.167. The molecular weight excluding hydrogens is 158 g/mol. The van der Waals surface area contributed by atoms with Crippen LogP contribution in [0.4, 0.5) is 5.82 Å². The summed E-state index contributed by atoms with van der Waals surface area (Å²) in [6.45, 7) is 0.343. The lowest BCUT2D eigenvalue weighted by molar-refractivity contribution is -0.111. The molecule has 0 spiro atoms. The number of nitrogens with two attached hydrogens (primary N) is 1. The van der Waals surface area contributed by atoms with Gasteiger partial charge in [-0.05, 0) is 0 Å². The maximum atomic E-state index is 10.8. The Kier molecular flexibility index (Phi) is 1.33. The van der Waals surface area contributed by atoms with Gasteiger partial charge in [0.05, 0.1) is 6.33 Å². The molecule has 2 rings (SSSR count). The van der Waals surface area contributed by atoms with Gasteiger partial charge in [0, 0.05) is 0 Å². The third-order valence-corrected chi connectivity index (χ3v) is 1.59. The van der Waals surface area contributed by atoms with Crippen LogP contribution in [0.15, 0.2) is 11.3 Å². The SMILES string of the molecule is NC(=O)C1=NCNc2nc[nH]c21. The summed E-state index contributed by atoms with van der Waals surface area (Å²) >= 11 is 0. The molecular formula is C6H7N5O. The Hall–Kier alpha value is -1.85. The first-order chi connectivity index (χ1) is 5.79. The maximum Gasteiger partial charge on any atom is 0.269 e. The summed E-state index contributed by atoms with van der Waals surface area (Å²) in [6, 6.07) is 0. The van der Waals surface area contributed by atoms with Crippen molar-refractivity contribution >= 4 is 17.4 Å². The average Bonchev–Trinajstić information content (AvgIpc) is 2.49. The number of carbonyl (C=O) groups is 1. The number of amides is 1. The molecule has 12 heavy (non-hydrogen) atoms. The lowest BCUT2D eigenvalue weighted by atomic mass is 10.2.